The summed E-state index contributed by atoms with van der Waals surface area (Å²) in [4.78, 5) is 20.1. The summed E-state index contributed by atoms with van der Waals surface area (Å²) in [5.41, 5.74) is 9.54. The number of nitrogens with one attached hydrogen (secondary N) is 1. The summed E-state index contributed by atoms with van der Waals surface area (Å²) in [7, 11) is 0. The molecule has 0 radical (unpaired) electrons. The van der Waals surface area contributed by atoms with Gasteiger partial charge in [0.2, 0.25) is 0 Å². The maximum Gasteiger partial charge on any atom is 0.252 e. The minimum Gasteiger partial charge on any atom is -0.349 e. The monoisotopic (exact) mass is 426 g/mol. The van der Waals surface area contributed by atoms with Crippen molar-refractivity contribution in [1.29, 1.82) is 0 Å². The Balaban J connectivity index is 1.31. The van der Waals surface area contributed by atoms with E-state index in [2.05, 4.69) is 58.8 Å². The fraction of sp³-hybridized carbons (Fsp3) is 0.407. The molecule has 3 atom stereocenters. The van der Waals surface area contributed by atoms with Crippen molar-refractivity contribution in [2.75, 3.05) is 0 Å². The molecule has 3 N–H and O–H groups in total. The third-order valence-corrected chi connectivity index (χ3v) is 7.57. The zero-order chi connectivity index (χ0) is 21.7. The number of carbonyl (C=O) groups is 1. The van der Waals surface area contributed by atoms with Gasteiger partial charge in [-0.05, 0) is 61.8 Å². The third-order valence-electron chi connectivity index (χ3n) is 7.57. The first-order valence-corrected chi connectivity index (χ1v) is 11.9. The van der Waals surface area contributed by atoms with Gasteiger partial charge >= 0.3 is 0 Å². The van der Waals surface area contributed by atoms with E-state index in [0.29, 0.717) is 17.5 Å². The molecule has 0 aromatic heterocycles. The van der Waals surface area contributed by atoms with Crippen LogP contribution in [0.1, 0.15) is 55.7 Å². The van der Waals surface area contributed by atoms with Crippen LogP contribution in [0.25, 0.3) is 0 Å². The second-order valence-electron chi connectivity index (χ2n) is 9.84. The van der Waals surface area contributed by atoms with Crippen molar-refractivity contribution in [2.24, 2.45) is 16.6 Å². The van der Waals surface area contributed by atoms with E-state index < -0.39 is 0 Å². The first kappa shape index (κ1) is 19.7. The smallest absolute Gasteiger partial charge is 0.252 e. The molecule has 3 unspecified atom stereocenters. The van der Waals surface area contributed by atoms with E-state index in [1.807, 2.05) is 18.4 Å². The number of amides is 1. The molecule has 6 rings (SSSR count). The van der Waals surface area contributed by atoms with Gasteiger partial charge in [-0.1, -0.05) is 48.6 Å². The van der Waals surface area contributed by atoms with Crippen molar-refractivity contribution in [3.63, 3.8) is 0 Å². The number of rotatable bonds is 5. The van der Waals surface area contributed by atoms with Crippen LogP contribution in [0.2, 0.25) is 0 Å². The van der Waals surface area contributed by atoms with Gasteiger partial charge in [0.05, 0.1) is 17.7 Å². The molecule has 3 aliphatic carbocycles. The molecule has 5 heteroatoms. The van der Waals surface area contributed by atoms with Gasteiger partial charge in [0.25, 0.3) is 5.91 Å². The van der Waals surface area contributed by atoms with Crippen LogP contribution in [0, 0.1) is 5.92 Å². The minimum absolute atomic E-state index is 0.0158. The molecule has 1 amide bonds. The van der Waals surface area contributed by atoms with Crippen molar-refractivity contribution in [3.8, 4) is 0 Å². The second-order valence-corrected chi connectivity index (χ2v) is 9.84. The van der Waals surface area contributed by atoms with Crippen LogP contribution in [0.3, 0.4) is 0 Å². The average Bonchev–Trinajstić information content (AvgIpc) is 3.54. The Morgan fingerprint density at radius 1 is 1.12 bits per heavy atom. The third kappa shape index (κ3) is 3.45. The first-order chi connectivity index (χ1) is 15.6. The van der Waals surface area contributed by atoms with Gasteiger partial charge in [0.1, 0.15) is 5.84 Å². The van der Waals surface area contributed by atoms with E-state index in [1.54, 1.807) is 0 Å². The molecule has 0 saturated heterocycles. The number of hydrogen-bond donors (Lipinski definition) is 2. The molecule has 5 nitrogen and oxygen atoms in total. The average molecular weight is 427 g/mol. The van der Waals surface area contributed by atoms with Crippen LogP contribution >= 0.6 is 0 Å². The van der Waals surface area contributed by atoms with E-state index in [4.69, 9.17) is 10.7 Å². The van der Waals surface area contributed by atoms with Crippen LogP contribution in [-0.4, -0.2) is 28.7 Å². The summed E-state index contributed by atoms with van der Waals surface area (Å²) in [6.45, 7) is 0. The first-order valence-electron chi connectivity index (χ1n) is 11.9. The van der Waals surface area contributed by atoms with Crippen molar-refractivity contribution in [2.45, 2.75) is 62.2 Å². The van der Waals surface area contributed by atoms with Gasteiger partial charge in [0.15, 0.2) is 0 Å². The highest BCUT2D eigenvalue weighted by Gasteiger charge is 2.41. The molecule has 2 aliphatic heterocycles. The highest BCUT2D eigenvalue weighted by molar-refractivity contribution is 6.04. The van der Waals surface area contributed by atoms with Gasteiger partial charge in [-0.25, -0.2) is 0 Å². The summed E-state index contributed by atoms with van der Waals surface area (Å²) in [6.07, 6.45) is 21.1. The summed E-state index contributed by atoms with van der Waals surface area (Å²) < 4.78 is 0. The highest BCUT2D eigenvalue weighted by Crippen LogP contribution is 2.42. The van der Waals surface area contributed by atoms with Gasteiger partial charge < -0.3 is 16.0 Å². The Morgan fingerprint density at radius 3 is 2.59 bits per heavy atom. The quantitative estimate of drug-likeness (QED) is 0.747. The Labute approximate surface area is 189 Å². The van der Waals surface area contributed by atoms with Crippen molar-refractivity contribution in [3.05, 3.63) is 83.6 Å². The van der Waals surface area contributed by atoms with Crippen molar-refractivity contribution in [1.82, 2.24) is 10.2 Å². The molecule has 1 aromatic carbocycles. The molecule has 0 spiro atoms. The molecule has 32 heavy (non-hydrogen) atoms. The maximum absolute atomic E-state index is 12.7. The number of fused-ring (bicyclic) bond motifs is 1. The normalized spacial score (nSPS) is 29.8. The summed E-state index contributed by atoms with van der Waals surface area (Å²) in [5, 5.41) is 3.11. The zero-order valence-corrected chi connectivity index (χ0v) is 18.3. The Morgan fingerprint density at radius 2 is 1.94 bits per heavy atom. The van der Waals surface area contributed by atoms with Gasteiger partial charge in [0, 0.05) is 23.7 Å². The van der Waals surface area contributed by atoms with E-state index in [9.17, 15) is 4.79 Å². The standard InChI is InChI=1S/C27H30N4O/c28-27(15-4-16-27)21-10-7-18(8-11-21)24-25(19-5-2-1-3-6-19)31-17-20(9-14-23(31)30-24)26(32)29-22-12-13-22/h1-3,5,7-11,14,17,19,22,24-25H,4,6,12-13,15-16,28H2,(H,29,32). The van der Waals surface area contributed by atoms with Crippen molar-refractivity contribution >= 4 is 11.7 Å². The number of allylic oxidation sites excluding steroid dienone is 3. The topological polar surface area (TPSA) is 70.7 Å². The minimum atomic E-state index is -0.150. The number of hydrogen-bond acceptors (Lipinski definition) is 4. The lowest BCUT2D eigenvalue weighted by atomic mass is 9.72. The van der Waals surface area contributed by atoms with Gasteiger partial charge in [-0.3, -0.25) is 9.79 Å². The molecular formula is C27H30N4O. The largest absolute Gasteiger partial charge is 0.349 e. The van der Waals surface area contributed by atoms with E-state index >= 15 is 0 Å². The molecule has 2 heterocycles. The predicted octanol–water partition coefficient (Wildman–Crippen LogP) is 4.01. The summed E-state index contributed by atoms with van der Waals surface area (Å²) >= 11 is 0. The molecule has 1 aromatic rings. The van der Waals surface area contributed by atoms with Crippen LogP contribution in [0.15, 0.2) is 77.5 Å². The molecule has 2 fully saturated rings. The highest BCUT2D eigenvalue weighted by atomic mass is 16.1. The number of benzene rings is 1. The molecular weight excluding hydrogens is 396 g/mol. The van der Waals surface area contributed by atoms with Crippen LogP contribution in [0.4, 0.5) is 0 Å². The fourth-order valence-corrected chi connectivity index (χ4v) is 5.28. The summed E-state index contributed by atoms with van der Waals surface area (Å²) in [6, 6.07) is 9.31. The van der Waals surface area contributed by atoms with Crippen LogP contribution in [0.5, 0.6) is 0 Å². The lowest BCUT2D eigenvalue weighted by Crippen LogP contribution is -2.43. The van der Waals surface area contributed by atoms with Crippen LogP contribution < -0.4 is 11.1 Å². The van der Waals surface area contributed by atoms with E-state index in [1.165, 1.54) is 17.5 Å². The molecule has 0 bridgehead atoms. The second kappa shape index (κ2) is 7.59. The lowest BCUT2D eigenvalue weighted by molar-refractivity contribution is -0.117. The van der Waals surface area contributed by atoms with Crippen molar-refractivity contribution < 1.29 is 4.79 Å². The molecule has 5 aliphatic rings. The SMILES string of the molecule is NC1(c2ccc(C3N=C4C=CC(C(=O)NC5CC5)=CN4C3C3C=CC=CC3)cc2)CCC1. The fourth-order valence-electron chi connectivity index (χ4n) is 5.28. The van der Waals surface area contributed by atoms with E-state index in [0.717, 1.165) is 37.9 Å². The van der Waals surface area contributed by atoms with Gasteiger partial charge in [-0.2, -0.15) is 0 Å². The molecule has 2 saturated carbocycles. The zero-order valence-electron chi connectivity index (χ0n) is 18.3. The Hall–Kier alpha value is -2.92. The van der Waals surface area contributed by atoms with Gasteiger partial charge in [-0.15, -0.1) is 0 Å². The lowest BCUT2D eigenvalue weighted by Gasteiger charge is -2.39. The van der Waals surface area contributed by atoms with Crippen LogP contribution in [-0.2, 0) is 10.3 Å². The molecule has 164 valence electrons. The maximum atomic E-state index is 12.7. The Bertz CT molecular complexity index is 1070. The Kier molecular flexibility index (Phi) is 4.68. The number of nitrogens with two attached hydrogens (primary N) is 1. The predicted molar refractivity (Wildman–Crippen MR) is 127 cm³/mol. The number of aliphatic imine (C=N–C) groups is 1. The number of carbonyl (C=O) groups excluding carboxylic acids is 1. The number of nitrogens with zero attached hydrogens (tertiary/aromatic N) is 2. The van der Waals surface area contributed by atoms with E-state index in [-0.39, 0.29) is 23.5 Å². The summed E-state index contributed by atoms with van der Waals surface area (Å²) in [5.74, 6) is 1.28. The number of amidine groups is 1.